The zero-order valence-corrected chi connectivity index (χ0v) is 17.3. The number of hydrogen-bond donors (Lipinski definition) is 0. The Kier molecular flexibility index (Phi) is 5.85. The van der Waals surface area contributed by atoms with Crippen molar-refractivity contribution in [1.29, 1.82) is 0 Å². The zero-order valence-electron chi connectivity index (χ0n) is 15.7. The van der Waals surface area contributed by atoms with E-state index in [4.69, 9.17) is 4.42 Å². The van der Waals surface area contributed by atoms with E-state index in [1.807, 2.05) is 19.1 Å². The van der Waals surface area contributed by atoms with Crippen LogP contribution in [0.25, 0.3) is 0 Å². The maximum atomic E-state index is 13.2. The average Bonchev–Trinajstić information content (AvgIpc) is 3.31. The van der Waals surface area contributed by atoms with Gasteiger partial charge in [0.05, 0.1) is 29.2 Å². The number of benzene rings is 1. The lowest BCUT2D eigenvalue weighted by atomic mass is 10.1. The molecular formula is C19H18N2O6S2. The lowest BCUT2D eigenvalue weighted by Gasteiger charge is -2.21. The summed E-state index contributed by atoms with van der Waals surface area (Å²) in [6, 6.07) is 10.5. The predicted molar refractivity (Wildman–Crippen MR) is 108 cm³/mol. The van der Waals surface area contributed by atoms with Gasteiger partial charge in [0, 0.05) is 33.7 Å². The molecule has 0 saturated heterocycles. The minimum atomic E-state index is -3.74. The van der Waals surface area contributed by atoms with Gasteiger partial charge in [-0.05, 0) is 37.3 Å². The molecule has 152 valence electrons. The number of carbonyl (C=O) groups is 1. The van der Waals surface area contributed by atoms with Crippen LogP contribution in [0.5, 0.6) is 0 Å². The summed E-state index contributed by atoms with van der Waals surface area (Å²) in [4.78, 5) is 26.9. The smallest absolute Gasteiger partial charge is 0.271 e. The molecule has 1 amide bonds. The molecule has 0 aliphatic rings. The summed E-state index contributed by atoms with van der Waals surface area (Å²) in [7, 11) is -3.74. The molecule has 3 rings (SSSR count). The first-order chi connectivity index (χ1) is 13.6. The molecule has 0 N–H and O–H groups in total. The molecule has 2 heterocycles. The molecule has 0 fully saturated rings. The first kappa shape index (κ1) is 20.7. The van der Waals surface area contributed by atoms with Crippen molar-refractivity contribution in [2.45, 2.75) is 24.9 Å². The lowest BCUT2D eigenvalue weighted by Crippen LogP contribution is -2.30. The highest BCUT2D eigenvalue weighted by Gasteiger charge is 2.24. The lowest BCUT2D eigenvalue weighted by molar-refractivity contribution is -0.385. The Morgan fingerprint density at radius 3 is 2.52 bits per heavy atom. The van der Waals surface area contributed by atoms with Crippen molar-refractivity contribution in [1.82, 2.24) is 4.90 Å². The Labute approximate surface area is 171 Å². The Balaban J connectivity index is 2.02. The van der Waals surface area contributed by atoms with Gasteiger partial charge in [0.25, 0.3) is 11.6 Å². The first-order valence-corrected chi connectivity index (χ1v) is 11.2. The summed E-state index contributed by atoms with van der Waals surface area (Å²) in [6.07, 6.45) is 2.43. The van der Waals surface area contributed by atoms with Crippen molar-refractivity contribution in [3.05, 3.63) is 79.9 Å². The minimum Gasteiger partial charge on any atom is -0.467 e. The summed E-state index contributed by atoms with van der Waals surface area (Å²) in [6.45, 7) is 2.35. The van der Waals surface area contributed by atoms with Crippen LogP contribution in [0.2, 0.25) is 0 Å². The third-order valence-electron chi connectivity index (χ3n) is 4.13. The van der Waals surface area contributed by atoms with Crippen molar-refractivity contribution < 1.29 is 22.6 Å². The van der Waals surface area contributed by atoms with E-state index < -0.39 is 26.4 Å². The molecule has 1 aromatic carbocycles. The van der Waals surface area contributed by atoms with Gasteiger partial charge in [-0.2, -0.15) is 0 Å². The molecule has 0 bridgehead atoms. The summed E-state index contributed by atoms with van der Waals surface area (Å²) >= 11 is 1.53. The Bertz CT molecular complexity index is 1150. The summed E-state index contributed by atoms with van der Waals surface area (Å²) in [5, 5.41) is 11.2. The third-order valence-corrected chi connectivity index (χ3v) is 6.21. The second-order valence-electron chi connectivity index (χ2n) is 6.50. The highest BCUT2D eigenvalue weighted by atomic mass is 32.2. The van der Waals surface area contributed by atoms with Gasteiger partial charge in [-0.15, -0.1) is 11.3 Å². The Morgan fingerprint density at radius 2 is 1.97 bits per heavy atom. The quantitative estimate of drug-likeness (QED) is 0.413. The molecule has 0 aliphatic heterocycles. The van der Waals surface area contributed by atoms with Gasteiger partial charge in [-0.1, -0.05) is 0 Å². The fourth-order valence-electron chi connectivity index (χ4n) is 2.76. The molecule has 0 aliphatic carbocycles. The SMILES string of the molecule is Cc1ccc(CN(Cc2ccco2)C(=O)c2cc([N+](=O)[O-])cc(S(C)(=O)=O)c2)s1. The van der Waals surface area contributed by atoms with Gasteiger partial charge in [0.2, 0.25) is 0 Å². The Hall–Kier alpha value is -2.98. The van der Waals surface area contributed by atoms with E-state index in [0.29, 0.717) is 5.76 Å². The van der Waals surface area contributed by atoms with E-state index in [0.717, 1.165) is 28.1 Å². The van der Waals surface area contributed by atoms with Crippen LogP contribution in [-0.2, 0) is 22.9 Å². The molecule has 10 heteroatoms. The van der Waals surface area contributed by atoms with Gasteiger partial charge in [-0.3, -0.25) is 14.9 Å². The predicted octanol–water partition coefficient (Wildman–Crippen LogP) is 3.80. The van der Waals surface area contributed by atoms with Gasteiger partial charge >= 0.3 is 0 Å². The van der Waals surface area contributed by atoms with Crippen molar-refractivity contribution in [2.75, 3.05) is 6.26 Å². The van der Waals surface area contributed by atoms with Crippen LogP contribution in [0, 0.1) is 17.0 Å². The number of sulfone groups is 1. The molecule has 0 spiro atoms. The summed E-state index contributed by atoms with van der Waals surface area (Å²) in [5.41, 5.74) is -0.527. The highest BCUT2D eigenvalue weighted by Crippen LogP contribution is 2.25. The van der Waals surface area contributed by atoms with Crippen LogP contribution in [0.4, 0.5) is 5.69 Å². The largest absolute Gasteiger partial charge is 0.467 e. The number of nitrogens with zero attached hydrogens (tertiary/aromatic N) is 2. The van der Waals surface area contributed by atoms with E-state index in [1.165, 1.54) is 28.6 Å². The number of rotatable bonds is 7. The van der Waals surface area contributed by atoms with Crippen LogP contribution < -0.4 is 0 Å². The standard InChI is InChI=1S/C19H18N2O6S2/c1-13-5-6-17(28-13)12-20(11-16-4-3-7-27-16)19(22)14-8-15(21(23)24)10-18(9-14)29(2,25)26/h3-10H,11-12H2,1-2H3. The number of carbonyl (C=O) groups excluding carboxylic acids is 1. The monoisotopic (exact) mass is 434 g/mol. The minimum absolute atomic E-state index is 0.0699. The van der Waals surface area contributed by atoms with E-state index in [2.05, 4.69) is 0 Å². The van der Waals surface area contributed by atoms with Crippen LogP contribution in [-0.4, -0.2) is 30.4 Å². The first-order valence-electron chi connectivity index (χ1n) is 8.50. The molecule has 2 aromatic heterocycles. The Morgan fingerprint density at radius 1 is 1.21 bits per heavy atom. The van der Waals surface area contributed by atoms with E-state index in [9.17, 15) is 23.3 Å². The van der Waals surface area contributed by atoms with Crippen molar-refractivity contribution in [3.63, 3.8) is 0 Å². The summed E-state index contributed by atoms with van der Waals surface area (Å²) in [5.74, 6) is 0.0152. The van der Waals surface area contributed by atoms with Gasteiger partial charge in [-0.25, -0.2) is 8.42 Å². The molecule has 3 aromatic rings. The van der Waals surface area contributed by atoms with Crippen molar-refractivity contribution in [2.24, 2.45) is 0 Å². The zero-order chi connectivity index (χ0) is 21.2. The number of amides is 1. The topological polar surface area (TPSA) is 111 Å². The van der Waals surface area contributed by atoms with Crippen LogP contribution >= 0.6 is 11.3 Å². The number of aryl methyl sites for hydroxylation is 1. The van der Waals surface area contributed by atoms with E-state index in [-0.39, 0.29) is 23.5 Å². The number of nitro benzene ring substituents is 1. The molecule has 8 nitrogen and oxygen atoms in total. The molecule has 29 heavy (non-hydrogen) atoms. The second-order valence-corrected chi connectivity index (χ2v) is 9.89. The van der Waals surface area contributed by atoms with Crippen molar-refractivity contribution >= 4 is 32.8 Å². The number of hydrogen-bond acceptors (Lipinski definition) is 7. The molecular weight excluding hydrogens is 416 g/mol. The molecule has 0 saturated carbocycles. The second kappa shape index (κ2) is 8.18. The van der Waals surface area contributed by atoms with E-state index >= 15 is 0 Å². The fraction of sp³-hybridized carbons (Fsp3) is 0.211. The van der Waals surface area contributed by atoms with Crippen LogP contribution in [0.1, 0.15) is 25.9 Å². The van der Waals surface area contributed by atoms with Crippen LogP contribution in [0.15, 0.2) is 58.0 Å². The highest BCUT2D eigenvalue weighted by molar-refractivity contribution is 7.90. The molecule has 0 radical (unpaired) electrons. The maximum Gasteiger partial charge on any atom is 0.271 e. The fourth-order valence-corrected chi connectivity index (χ4v) is 4.34. The molecule has 0 atom stereocenters. The van der Waals surface area contributed by atoms with Crippen molar-refractivity contribution in [3.8, 4) is 0 Å². The number of furan rings is 1. The van der Waals surface area contributed by atoms with Gasteiger partial charge in [0.1, 0.15) is 5.76 Å². The summed E-state index contributed by atoms with van der Waals surface area (Å²) < 4.78 is 29.2. The third kappa shape index (κ3) is 5.09. The number of thiophene rings is 1. The maximum absolute atomic E-state index is 13.2. The van der Waals surface area contributed by atoms with Gasteiger partial charge in [0.15, 0.2) is 9.84 Å². The molecule has 0 unspecified atom stereocenters. The normalized spacial score (nSPS) is 11.4. The van der Waals surface area contributed by atoms with Crippen LogP contribution in [0.3, 0.4) is 0 Å². The number of non-ortho nitro benzene ring substituents is 1. The van der Waals surface area contributed by atoms with E-state index in [1.54, 1.807) is 12.1 Å². The van der Waals surface area contributed by atoms with Gasteiger partial charge < -0.3 is 9.32 Å². The number of nitro groups is 1. The average molecular weight is 434 g/mol.